The van der Waals surface area contributed by atoms with Crippen molar-refractivity contribution in [1.29, 1.82) is 0 Å². The minimum Gasteiger partial charge on any atom is -0.387 e. The van der Waals surface area contributed by atoms with Gasteiger partial charge in [0.15, 0.2) is 0 Å². The molecule has 0 amide bonds. The zero-order valence-electron chi connectivity index (χ0n) is 8.90. The fourth-order valence-corrected chi connectivity index (χ4v) is 2.89. The molecule has 0 spiro atoms. The monoisotopic (exact) mass is 302 g/mol. The molecule has 1 atom stereocenters. The Morgan fingerprint density at radius 2 is 2.31 bits per heavy atom. The molecule has 0 aliphatic heterocycles. The van der Waals surface area contributed by atoms with Crippen LogP contribution in [0.2, 0.25) is 0 Å². The van der Waals surface area contributed by atoms with Crippen LogP contribution in [-0.2, 0) is 0 Å². The molecule has 1 unspecified atom stereocenters. The zero-order valence-corrected chi connectivity index (χ0v) is 11.3. The highest BCUT2D eigenvalue weighted by Gasteiger charge is 2.42. The Bertz CT molecular complexity index is 356. The van der Waals surface area contributed by atoms with E-state index >= 15 is 0 Å². The number of halogens is 1. The van der Waals surface area contributed by atoms with Gasteiger partial charge in [0.25, 0.3) is 0 Å². The average Bonchev–Trinajstić information content (AvgIpc) is 3.12. The van der Waals surface area contributed by atoms with E-state index in [1.165, 1.54) is 0 Å². The van der Waals surface area contributed by atoms with Crippen molar-refractivity contribution in [3.63, 3.8) is 0 Å². The Balaban J connectivity index is 1.92. The molecular weight excluding hydrogens is 288 g/mol. The number of nitrogens with zero attached hydrogens (tertiary/aromatic N) is 1. The van der Waals surface area contributed by atoms with Crippen LogP contribution in [0.5, 0.6) is 0 Å². The van der Waals surface area contributed by atoms with Crippen LogP contribution < -0.4 is 5.73 Å². The maximum absolute atomic E-state index is 10.3. The van der Waals surface area contributed by atoms with Crippen molar-refractivity contribution in [3.8, 4) is 0 Å². The molecule has 1 saturated carbocycles. The summed E-state index contributed by atoms with van der Waals surface area (Å²) in [5, 5.41) is 11.2. The fraction of sp³-hybridized carbons (Fsp3) is 0.545. The Morgan fingerprint density at radius 3 is 2.81 bits per heavy atom. The van der Waals surface area contributed by atoms with Crippen LogP contribution >= 0.6 is 27.7 Å². The molecule has 5 heteroatoms. The normalized spacial score (nSPS) is 19.4. The molecular formula is C11H15BrN2OS. The van der Waals surface area contributed by atoms with E-state index in [-0.39, 0.29) is 0 Å². The number of hydrogen-bond donors (Lipinski definition) is 2. The zero-order chi connectivity index (χ0) is 11.6. The maximum Gasteiger partial charge on any atom is 0.0961 e. The molecule has 1 aliphatic carbocycles. The second-order valence-corrected chi connectivity index (χ2v) is 6.10. The van der Waals surface area contributed by atoms with Gasteiger partial charge in [-0.1, -0.05) is 0 Å². The Morgan fingerprint density at radius 1 is 1.56 bits per heavy atom. The minimum atomic E-state index is -0.709. The maximum atomic E-state index is 10.3. The average molecular weight is 303 g/mol. The smallest absolute Gasteiger partial charge is 0.0961 e. The second-order valence-electron chi connectivity index (χ2n) is 4.19. The lowest BCUT2D eigenvalue weighted by molar-refractivity contribution is 0.0510. The first kappa shape index (κ1) is 12.4. The summed E-state index contributed by atoms with van der Waals surface area (Å²) in [5.41, 5.74) is 4.94. The van der Waals surface area contributed by atoms with Gasteiger partial charge in [-0.25, -0.2) is 4.98 Å². The van der Waals surface area contributed by atoms with Crippen molar-refractivity contribution in [2.24, 2.45) is 11.7 Å². The van der Waals surface area contributed by atoms with Gasteiger partial charge in [0, 0.05) is 23.0 Å². The molecule has 1 aromatic rings. The van der Waals surface area contributed by atoms with Gasteiger partial charge in [0.2, 0.25) is 0 Å². The van der Waals surface area contributed by atoms with E-state index < -0.39 is 5.60 Å². The van der Waals surface area contributed by atoms with Crippen molar-refractivity contribution in [3.05, 3.63) is 22.8 Å². The lowest BCUT2D eigenvalue weighted by Gasteiger charge is -2.25. The molecule has 0 bridgehead atoms. The van der Waals surface area contributed by atoms with Gasteiger partial charge in [-0.3, -0.25) is 0 Å². The largest absolute Gasteiger partial charge is 0.387 e. The van der Waals surface area contributed by atoms with E-state index in [2.05, 4.69) is 20.9 Å². The molecule has 0 aromatic carbocycles. The highest BCUT2D eigenvalue weighted by molar-refractivity contribution is 9.10. The molecule has 16 heavy (non-hydrogen) atoms. The predicted octanol–water partition coefficient (Wildman–Crippen LogP) is 2.04. The Hall–Kier alpha value is -0.100. The van der Waals surface area contributed by atoms with Crippen LogP contribution in [0.4, 0.5) is 0 Å². The number of aromatic nitrogens is 1. The number of rotatable bonds is 5. The van der Waals surface area contributed by atoms with Gasteiger partial charge in [0.1, 0.15) is 0 Å². The third kappa shape index (κ3) is 2.97. The van der Waals surface area contributed by atoms with E-state index in [4.69, 9.17) is 5.73 Å². The van der Waals surface area contributed by atoms with Gasteiger partial charge in [-0.2, -0.15) is 0 Å². The fourth-order valence-electron chi connectivity index (χ4n) is 1.61. The van der Waals surface area contributed by atoms with Crippen molar-refractivity contribution < 1.29 is 5.11 Å². The summed E-state index contributed by atoms with van der Waals surface area (Å²) in [6.45, 7) is 0.335. The van der Waals surface area contributed by atoms with Gasteiger partial charge in [0.05, 0.1) is 10.6 Å². The predicted molar refractivity (Wildman–Crippen MR) is 69.4 cm³/mol. The lowest BCUT2D eigenvalue weighted by Crippen LogP contribution is -2.42. The third-order valence-electron chi connectivity index (χ3n) is 2.86. The molecule has 0 radical (unpaired) electrons. The molecule has 0 saturated heterocycles. The molecule has 1 fully saturated rings. The summed E-state index contributed by atoms with van der Waals surface area (Å²) in [5.74, 6) is 1.02. The summed E-state index contributed by atoms with van der Waals surface area (Å²) < 4.78 is 0.966. The quantitative estimate of drug-likeness (QED) is 0.817. The van der Waals surface area contributed by atoms with Crippen molar-refractivity contribution in [2.75, 3.05) is 12.3 Å². The van der Waals surface area contributed by atoms with Crippen LogP contribution in [0.1, 0.15) is 12.8 Å². The summed E-state index contributed by atoms with van der Waals surface area (Å²) in [7, 11) is 0. The van der Waals surface area contributed by atoms with E-state index in [0.717, 1.165) is 22.3 Å². The van der Waals surface area contributed by atoms with E-state index in [1.807, 2.05) is 12.1 Å². The summed E-state index contributed by atoms with van der Waals surface area (Å²) in [6, 6.07) is 3.90. The van der Waals surface area contributed by atoms with Crippen LogP contribution in [0.3, 0.4) is 0 Å². The van der Waals surface area contributed by atoms with Gasteiger partial charge in [-0.05, 0) is 46.8 Å². The molecule has 1 aromatic heterocycles. The third-order valence-corrected chi connectivity index (χ3v) is 4.51. The van der Waals surface area contributed by atoms with Gasteiger partial charge < -0.3 is 10.8 Å². The highest BCUT2D eigenvalue weighted by atomic mass is 79.9. The van der Waals surface area contributed by atoms with Crippen molar-refractivity contribution >= 4 is 27.7 Å². The van der Waals surface area contributed by atoms with E-state index in [1.54, 1.807) is 18.0 Å². The summed E-state index contributed by atoms with van der Waals surface area (Å²) >= 11 is 4.91. The molecule has 3 nitrogen and oxygen atoms in total. The van der Waals surface area contributed by atoms with Crippen LogP contribution in [-0.4, -0.2) is 28.0 Å². The number of hydrogen-bond acceptors (Lipinski definition) is 4. The molecule has 88 valence electrons. The van der Waals surface area contributed by atoms with Gasteiger partial charge in [-0.15, -0.1) is 11.8 Å². The van der Waals surface area contributed by atoms with Crippen LogP contribution in [0.25, 0.3) is 0 Å². The first-order chi connectivity index (χ1) is 7.64. The van der Waals surface area contributed by atoms with Crippen molar-refractivity contribution in [2.45, 2.75) is 23.5 Å². The first-order valence-electron chi connectivity index (χ1n) is 5.31. The van der Waals surface area contributed by atoms with Crippen LogP contribution in [0.15, 0.2) is 27.8 Å². The number of pyridine rings is 1. The lowest BCUT2D eigenvalue weighted by atomic mass is 10.0. The SMILES string of the molecule is NCC(O)(CSc1ccc(Br)cn1)C1CC1. The van der Waals surface area contributed by atoms with E-state index in [0.29, 0.717) is 18.2 Å². The Labute approximate surface area is 108 Å². The minimum absolute atomic E-state index is 0.335. The number of thioether (sulfide) groups is 1. The number of nitrogens with two attached hydrogens (primary N) is 1. The standard InChI is InChI=1S/C11H15BrN2OS/c12-9-3-4-10(14-5-9)16-7-11(15,6-13)8-1-2-8/h3-5,8,15H,1-2,6-7,13H2. The summed E-state index contributed by atoms with van der Waals surface area (Å²) in [4.78, 5) is 4.26. The molecule has 1 aliphatic rings. The van der Waals surface area contributed by atoms with Gasteiger partial charge >= 0.3 is 0 Å². The van der Waals surface area contributed by atoms with E-state index in [9.17, 15) is 5.11 Å². The molecule has 3 N–H and O–H groups in total. The first-order valence-corrected chi connectivity index (χ1v) is 7.09. The topological polar surface area (TPSA) is 59.1 Å². The Kier molecular flexibility index (Phi) is 3.89. The molecule has 1 heterocycles. The number of aliphatic hydroxyl groups is 1. The molecule has 2 rings (SSSR count). The van der Waals surface area contributed by atoms with Crippen LogP contribution in [0, 0.1) is 5.92 Å². The summed E-state index contributed by atoms with van der Waals surface area (Å²) in [6.07, 6.45) is 3.96. The van der Waals surface area contributed by atoms with Crippen molar-refractivity contribution in [1.82, 2.24) is 4.98 Å². The highest BCUT2D eigenvalue weighted by Crippen LogP contribution is 2.41. The second kappa shape index (κ2) is 5.04.